The average molecular weight is 254 g/mol. The molecule has 5 nitrogen and oxygen atoms in total. The van der Waals surface area contributed by atoms with Crippen LogP contribution in [0.2, 0.25) is 0 Å². The van der Waals surface area contributed by atoms with Crippen molar-refractivity contribution in [1.82, 2.24) is 15.2 Å². The lowest BCUT2D eigenvalue weighted by Crippen LogP contribution is -2.36. The topological polar surface area (TPSA) is 71.2 Å². The van der Waals surface area contributed by atoms with Gasteiger partial charge in [-0.3, -0.25) is 4.79 Å². The Labute approximate surface area is 105 Å². The molecule has 1 unspecified atom stereocenters. The molecular formula is C11H18N4OS. The van der Waals surface area contributed by atoms with Crippen LogP contribution in [-0.2, 0) is 0 Å². The molecular weight excluding hydrogens is 236 g/mol. The van der Waals surface area contributed by atoms with Gasteiger partial charge in [-0.05, 0) is 19.4 Å². The number of amides is 1. The maximum absolute atomic E-state index is 11.9. The average Bonchev–Trinajstić information content (AvgIpc) is 2.88. The Morgan fingerprint density at radius 2 is 2.59 bits per heavy atom. The van der Waals surface area contributed by atoms with Gasteiger partial charge in [0, 0.05) is 19.1 Å². The Kier molecular flexibility index (Phi) is 3.96. The minimum atomic E-state index is -0.0532. The number of aromatic nitrogens is 1. The second-order valence-corrected chi connectivity index (χ2v) is 5.38. The van der Waals surface area contributed by atoms with Crippen LogP contribution in [0.5, 0.6) is 0 Å². The molecule has 1 aliphatic heterocycles. The Hall–Kier alpha value is -1.14. The molecule has 0 bridgehead atoms. The van der Waals surface area contributed by atoms with E-state index in [0.717, 1.165) is 32.5 Å². The number of nitrogens with zero attached hydrogens (tertiary/aromatic N) is 2. The molecule has 0 saturated carbocycles. The minimum absolute atomic E-state index is 0.0532. The second-order valence-electron chi connectivity index (χ2n) is 4.32. The van der Waals surface area contributed by atoms with Crippen molar-refractivity contribution in [1.29, 1.82) is 0 Å². The number of nitrogens with two attached hydrogens (primary N) is 1. The zero-order valence-electron chi connectivity index (χ0n) is 9.98. The molecule has 1 saturated heterocycles. The van der Waals surface area contributed by atoms with E-state index in [-0.39, 0.29) is 11.9 Å². The van der Waals surface area contributed by atoms with E-state index in [9.17, 15) is 4.79 Å². The third-order valence-electron chi connectivity index (χ3n) is 2.89. The van der Waals surface area contributed by atoms with Crippen molar-refractivity contribution in [2.24, 2.45) is 0 Å². The van der Waals surface area contributed by atoms with Crippen LogP contribution in [0.1, 0.15) is 29.4 Å². The summed E-state index contributed by atoms with van der Waals surface area (Å²) in [6, 6.07) is 0.261. The van der Waals surface area contributed by atoms with Crippen molar-refractivity contribution in [2.75, 3.05) is 25.4 Å². The zero-order chi connectivity index (χ0) is 12.3. The molecule has 1 amide bonds. The fourth-order valence-electron chi connectivity index (χ4n) is 2.12. The molecule has 1 aromatic rings. The highest BCUT2D eigenvalue weighted by atomic mass is 32.1. The number of carbonyl (C=O) groups is 1. The summed E-state index contributed by atoms with van der Waals surface area (Å²) in [7, 11) is 0. The predicted octanol–water partition coefficient (Wildman–Crippen LogP) is 0.939. The van der Waals surface area contributed by atoms with Crippen LogP contribution in [0.4, 0.5) is 5.13 Å². The fraction of sp³-hybridized carbons (Fsp3) is 0.636. The molecule has 2 rings (SSSR count). The second kappa shape index (κ2) is 5.46. The van der Waals surface area contributed by atoms with E-state index in [1.54, 1.807) is 0 Å². The van der Waals surface area contributed by atoms with Gasteiger partial charge < -0.3 is 16.0 Å². The summed E-state index contributed by atoms with van der Waals surface area (Å²) < 4.78 is 0. The van der Waals surface area contributed by atoms with Crippen LogP contribution in [0.25, 0.3) is 0 Å². The van der Waals surface area contributed by atoms with Gasteiger partial charge in [0.1, 0.15) is 4.88 Å². The molecule has 1 aromatic heterocycles. The van der Waals surface area contributed by atoms with E-state index in [1.165, 1.54) is 17.5 Å². The first kappa shape index (κ1) is 12.3. The Morgan fingerprint density at radius 3 is 3.24 bits per heavy atom. The number of anilines is 1. The summed E-state index contributed by atoms with van der Waals surface area (Å²) in [6.45, 7) is 5.31. The van der Waals surface area contributed by atoms with Crippen LogP contribution in [0.3, 0.4) is 0 Å². The highest BCUT2D eigenvalue weighted by Gasteiger charge is 2.23. The summed E-state index contributed by atoms with van der Waals surface area (Å²) >= 11 is 1.23. The van der Waals surface area contributed by atoms with Crippen LogP contribution in [0.15, 0.2) is 6.20 Å². The molecule has 0 spiro atoms. The van der Waals surface area contributed by atoms with E-state index < -0.39 is 0 Å². The third-order valence-corrected chi connectivity index (χ3v) is 3.72. The maximum atomic E-state index is 11.9. The van der Waals surface area contributed by atoms with Crippen LogP contribution < -0.4 is 11.1 Å². The van der Waals surface area contributed by atoms with Crippen LogP contribution >= 0.6 is 11.3 Å². The molecule has 2 heterocycles. The van der Waals surface area contributed by atoms with E-state index in [1.807, 2.05) is 0 Å². The first-order valence-corrected chi connectivity index (χ1v) is 6.75. The van der Waals surface area contributed by atoms with Gasteiger partial charge in [-0.15, -0.1) is 0 Å². The molecule has 0 aliphatic carbocycles. The zero-order valence-corrected chi connectivity index (χ0v) is 10.8. The number of hydrogen-bond acceptors (Lipinski definition) is 5. The highest BCUT2D eigenvalue weighted by molar-refractivity contribution is 7.17. The van der Waals surface area contributed by atoms with Crippen LogP contribution in [0, 0.1) is 0 Å². The van der Waals surface area contributed by atoms with Crippen molar-refractivity contribution in [2.45, 2.75) is 25.8 Å². The standard InChI is InChI=1S/C11H18N4OS/c1-2-4-15-5-3-8(7-15)14-10(16)9-6-13-11(12)17-9/h6,8H,2-5,7H2,1H3,(H2,12,13)(H,14,16). The molecule has 1 aliphatic rings. The van der Waals surface area contributed by atoms with Gasteiger partial charge in [0.2, 0.25) is 0 Å². The number of thiazole rings is 1. The third kappa shape index (κ3) is 3.17. The SMILES string of the molecule is CCCN1CCC(NC(=O)c2cnc(N)s2)C1. The summed E-state index contributed by atoms with van der Waals surface area (Å²) in [4.78, 5) is 18.7. The largest absolute Gasteiger partial charge is 0.375 e. The summed E-state index contributed by atoms with van der Waals surface area (Å²) in [6.07, 6.45) is 3.72. The number of nitrogen functional groups attached to an aromatic ring is 1. The fourth-order valence-corrected chi connectivity index (χ4v) is 2.71. The van der Waals surface area contributed by atoms with E-state index >= 15 is 0 Å². The molecule has 0 aromatic carbocycles. The van der Waals surface area contributed by atoms with Gasteiger partial charge in [0.15, 0.2) is 5.13 Å². The highest BCUT2D eigenvalue weighted by Crippen LogP contribution is 2.15. The number of hydrogen-bond donors (Lipinski definition) is 2. The lowest BCUT2D eigenvalue weighted by atomic mass is 10.2. The predicted molar refractivity (Wildman–Crippen MR) is 69.1 cm³/mol. The monoisotopic (exact) mass is 254 g/mol. The van der Waals surface area contributed by atoms with Gasteiger partial charge >= 0.3 is 0 Å². The summed E-state index contributed by atoms with van der Waals surface area (Å²) in [5, 5.41) is 3.47. The van der Waals surface area contributed by atoms with Crippen LogP contribution in [-0.4, -0.2) is 41.5 Å². The lowest BCUT2D eigenvalue weighted by Gasteiger charge is -2.15. The first-order chi connectivity index (χ1) is 8.19. The molecule has 3 N–H and O–H groups in total. The van der Waals surface area contributed by atoms with Gasteiger partial charge in [0.05, 0.1) is 6.20 Å². The molecule has 94 valence electrons. The van der Waals surface area contributed by atoms with Gasteiger partial charge in [-0.25, -0.2) is 4.98 Å². The Bertz CT molecular complexity index is 393. The van der Waals surface area contributed by atoms with E-state index in [4.69, 9.17) is 5.73 Å². The van der Waals surface area contributed by atoms with Crippen molar-refractivity contribution < 1.29 is 4.79 Å². The minimum Gasteiger partial charge on any atom is -0.375 e. The van der Waals surface area contributed by atoms with Gasteiger partial charge in [-0.1, -0.05) is 18.3 Å². The first-order valence-electron chi connectivity index (χ1n) is 5.93. The van der Waals surface area contributed by atoms with E-state index in [0.29, 0.717) is 10.0 Å². The number of rotatable bonds is 4. The van der Waals surface area contributed by atoms with Crippen molar-refractivity contribution in [3.8, 4) is 0 Å². The number of likely N-dealkylation sites (tertiary alicyclic amines) is 1. The van der Waals surface area contributed by atoms with Gasteiger partial charge in [0.25, 0.3) is 5.91 Å². The molecule has 1 atom stereocenters. The van der Waals surface area contributed by atoms with Crippen molar-refractivity contribution in [3.05, 3.63) is 11.1 Å². The Morgan fingerprint density at radius 1 is 1.76 bits per heavy atom. The normalized spacial score (nSPS) is 20.6. The molecule has 0 radical (unpaired) electrons. The molecule has 6 heteroatoms. The Balaban J connectivity index is 1.84. The summed E-state index contributed by atoms with van der Waals surface area (Å²) in [5.41, 5.74) is 5.51. The number of carbonyl (C=O) groups excluding carboxylic acids is 1. The quantitative estimate of drug-likeness (QED) is 0.839. The smallest absolute Gasteiger partial charge is 0.263 e. The van der Waals surface area contributed by atoms with Gasteiger partial charge in [-0.2, -0.15) is 0 Å². The molecule has 17 heavy (non-hydrogen) atoms. The molecule has 1 fully saturated rings. The maximum Gasteiger partial charge on any atom is 0.263 e. The summed E-state index contributed by atoms with van der Waals surface area (Å²) in [5.74, 6) is -0.0532. The van der Waals surface area contributed by atoms with E-state index in [2.05, 4.69) is 22.1 Å². The number of nitrogens with one attached hydrogen (secondary N) is 1. The van der Waals surface area contributed by atoms with Crippen molar-refractivity contribution >= 4 is 22.4 Å². The lowest BCUT2D eigenvalue weighted by molar-refractivity contribution is 0.0941. The van der Waals surface area contributed by atoms with Crippen molar-refractivity contribution in [3.63, 3.8) is 0 Å².